The van der Waals surface area contributed by atoms with Crippen LogP contribution in [-0.2, 0) is 0 Å². The molecule has 0 fully saturated rings. The Balaban J connectivity index is 0.932. The molecular formula is C66H44N2. The highest BCUT2D eigenvalue weighted by atomic mass is 15.0. The highest BCUT2D eigenvalue weighted by molar-refractivity contribution is 6.13. The van der Waals surface area contributed by atoms with Gasteiger partial charge in [-0.15, -0.1) is 0 Å². The fourth-order valence-corrected chi connectivity index (χ4v) is 10.4. The number of hydrogen-bond donors (Lipinski definition) is 0. The topological polar surface area (TPSA) is 9.86 Å². The monoisotopic (exact) mass is 864 g/mol. The van der Waals surface area contributed by atoms with E-state index in [1.165, 1.54) is 110 Å². The lowest BCUT2D eigenvalue weighted by Crippen LogP contribution is -1.95. The zero-order valence-electron chi connectivity index (χ0n) is 37.3. The van der Waals surface area contributed by atoms with E-state index in [0.29, 0.717) is 0 Å². The van der Waals surface area contributed by atoms with Gasteiger partial charge >= 0.3 is 0 Å². The zero-order chi connectivity index (χ0) is 45.0. The van der Waals surface area contributed by atoms with Gasteiger partial charge in [-0.05, 0) is 146 Å². The van der Waals surface area contributed by atoms with Crippen molar-refractivity contribution in [3.63, 3.8) is 0 Å². The summed E-state index contributed by atoms with van der Waals surface area (Å²) in [5.74, 6) is 0. The van der Waals surface area contributed by atoms with Crippen molar-refractivity contribution in [1.82, 2.24) is 9.13 Å². The van der Waals surface area contributed by atoms with Crippen molar-refractivity contribution in [3.8, 4) is 78.1 Å². The van der Waals surface area contributed by atoms with Crippen LogP contribution in [0.5, 0.6) is 0 Å². The number of nitrogens with zero attached hydrogens (tertiary/aromatic N) is 2. The lowest BCUT2D eigenvalue weighted by molar-refractivity contribution is 1.18. The fourth-order valence-electron chi connectivity index (χ4n) is 10.4. The van der Waals surface area contributed by atoms with Gasteiger partial charge in [0.05, 0.1) is 22.1 Å². The molecule has 0 saturated carbocycles. The number of benzene rings is 11. The largest absolute Gasteiger partial charge is 0.309 e. The van der Waals surface area contributed by atoms with Crippen molar-refractivity contribution < 1.29 is 0 Å². The maximum atomic E-state index is 2.44. The van der Waals surface area contributed by atoms with E-state index >= 15 is 0 Å². The van der Waals surface area contributed by atoms with E-state index in [1.54, 1.807) is 0 Å². The predicted molar refractivity (Wildman–Crippen MR) is 288 cm³/mol. The van der Waals surface area contributed by atoms with Gasteiger partial charge < -0.3 is 9.13 Å². The molecule has 0 bridgehead atoms. The van der Waals surface area contributed by atoms with E-state index in [4.69, 9.17) is 0 Å². The molecule has 2 nitrogen and oxygen atoms in total. The van der Waals surface area contributed by atoms with Crippen molar-refractivity contribution >= 4 is 43.6 Å². The third kappa shape index (κ3) is 6.90. The summed E-state index contributed by atoms with van der Waals surface area (Å²) < 4.78 is 4.86. The van der Waals surface area contributed by atoms with Crippen LogP contribution in [0.4, 0.5) is 0 Å². The fraction of sp³-hybridized carbons (Fsp3) is 0. The summed E-state index contributed by atoms with van der Waals surface area (Å²) in [5, 5.41) is 4.92. The van der Waals surface area contributed by atoms with Gasteiger partial charge in [0.25, 0.3) is 0 Å². The second-order valence-electron chi connectivity index (χ2n) is 17.7. The van der Waals surface area contributed by atoms with Crippen molar-refractivity contribution in [2.45, 2.75) is 0 Å². The minimum absolute atomic E-state index is 1.13. The first-order valence-corrected chi connectivity index (χ1v) is 23.4. The van der Waals surface area contributed by atoms with Gasteiger partial charge in [0.15, 0.2) is 0 Å². The van der Waals surface area contributed by atoms with Crippen LogP contribution in [0.3, 0.4) is 0 Å². The van der Waals surface area contributed by atoms with Crippen LogP contribution in [0.1, 0.15) is 0 Å². The van der Waals surface area contributed by atoms with Gasteiger partial charge in [-0.25, -0.2) is 0 Å². The molecule has 0 aliphatic rings. The Morgan fingerprint density at radius 3 is 0.868 bits per heavy atom. The molecule has 0 N–H and O–H groups in total. The summed E-state index contributed by atoms with van der Waals surface area (Å²) in [4.78, 5) is 0. The summed E-state index contributed by atoms with van der Waals surface area (Å²) in [5.41, 5.74) is 21.4. The van der Waals surface area contributed by atoms with E-state index in [-0.39, 0.29) is 0 Å². The first-order valence-electron chi connectivity index (χ1n) is 23.4. The first kappa shape index (κ1) is 39.4. The van der Waals surface area contributed by atoms with Gasteiger partial charge in [0.1, 0.15) is 0 Å². The Kier molecular flexibility index (Phi) is 9.54. The molecule has 318 valence electrons. The summed E-state index contributed by atoms with van der Waals surface area (Å²) >= 11 is 0. The smallest absolute Gasteiger partial charge is 0.0541 e. The minimum atomic E-state index is 1.13. The van der Waals surface area contributed by atoms with Crippen LogP contribution in [0, 0.1) is 0 Å². The number of fused-ring (bicyclic) bond motifs is 6. The molecule has 0 saturated heterocycles. The molecule has 13 aromatic rings. The van der Waals surface area contributed by atoms with Crippen LogP contribution < -0.4 is 0 Å². The van der Waals surface area contributed by atoms with E-state index in [2.05, 4.69) is 276 Å². The van der Waals surface area contributed by atoms with Gasteiger partial charge in [-0.3, -0.25) is 0 Å². The molecule has 0 atom stereocenters. The number of aromatic nitrogens is 2. The highest BCUT2D eigenvalue weighted by Gasteiger charge is 2.18. The first-order chi connectivity index (χ1) is 33.7. The van der Waals surface area contributed by atoms with Gasteiger partial charge in [-0.2, -0.15) is 0 Å². The zero-order valence-corrected chi connectivity index (χ0v) is 37.3. The third-order valence-electron chi connectivity index (χ3n) is 13.7. The molecule has 2 heteroatoms. The molecule has 2 heterocycles. The average molecular weight is 865 g/mol. The molecule has 68 heavy (non-hydrogen) atoms. The Labute approximate surface area is 395 Å². The van der Waals surface area contributed by atoms with Crippen molar-refractivity contribution in [3.05, 3.63) is 267 Å². The molecule has 0 spiro atoms. The summed E-state index contributed by atoms with van der Waals surface area (Å²) in [7, 11) is 0. The van der Waals surface area contributed by atoms with Crippen LogP contribution in [0.25, 0.3) is 122 Å². The predicted octanol–water partition coefficient (Wildman–Crippen LogP) is 17.9. The maximum absolute atomic E-state index is 2.44. The van der Waals surface area contributed by atoms with Crippen LogP contribution >= 0.6 is 0 Å². The molecule has 2 aromatic heterocycles. The van der Waals surface area contributed by atoms with Gasteiger partial charge in [0.2, 0.25) is 0 Å². The molecule has 0 radical (unpaired) electrons. The quantitative estimate of drug-likeness (QED) is 0.144. The Morgan fingerprint density at radius 2 is 0.441 bits per heavy atom. The molecule has 0 aliphatic carbocycles. The lowest BCUT2D eigenvalue weighted by atomic mass is 9.98. The van der Waals surface area contributed by atoms with E-state index < -0.39 is 0 Å². The van der Waals surface area contributed by atoms with Gasteiger partial charge in [-0.1, -0.05) is 188 Å². The maximum Gasteiger partial charge on any atom is 0.0541 e. The normalized spacial score (nSPS) is 11.5. The summed E-state index contributed by atoms with van der Waals surface area (Å²) in [6.07, 6.45) is 0. The van der Waals surface area contributed by atoms with Gasteiger partial charge in [0, 0.05) is 32.9 Å². The molecular weight excluding hydrogens is 821 g/mol. The van der Waals surface area contributed by atoms with Crippen LogP contribution in [-0.4, -0.2) is 9.13 Å². The second kappa shape index (κ2) is 16.5. The highest BCUT2D eigenvalue weighted by Crippen LogP contribution is 2.41. The summed E-state index contributed by atoms with van der Waals surface area (Å²) in [6.45, 7) is 0. The molecule has 0 amide bonds. The Bertz CT molecular complexity index is 4010. The average Bonchev–Trinajstić information content (AvgIpc) is 3.93. The van der Waals surface area contributed by atoms with Crippen LogP contribution in [0.2, 0.25) is 0 Å². The van der Waals surface area contributed by atoms with Crippen LogP contribution in [0.15, 0.2) is 267 Å². The number of rotatable bonds is 8. The van der Waals surface area contributed by atoms with E-state index in [0.717, 1.165) is 11.4 Å². The lowest BCUT2D eigenvalue weighted by Gasteiger charge is -2.12. The van der Waals surface area contributed by atoms with Crippen molar-refractivity contribution in [2.75, 3.05) is 0 Å². The number of hydrogen-bond acceptors (Lipinski definition) is 0. The molecule has 11 aromatic carbocycles. The Hall–Kier alpha value is -8.98. The standard InChI is InChI=1S/C66H44N2/c1-4-16-45(17-5-1)48-22-12-24-50(38-48)52-26-14-28-57(40-52)67-63-31-11-10-30-59(63)60-43-55(33-36-64(60)67)56-34-37-66-62(44-56)61-42-54(47-20-8-3-9-21-47)32-35-65(61)68(66)58-29-15-27-53(41-58)51-25-13-23-49(39-51)46-18-6-2-7-19-46/h1-44H. The summed E-state index contributed by atoms with van der Waals surface area (Å²) in [6, 6.07) is 97.5. The number of para-hydroxylation sites is 1. The third-order valence-corrected chi connectivity index (χ3v) is 13.7. The molecule has 13 rings (SSSR count). The van der Waals surface area contributed by atoms with E-state index in [1.807, 2.05) is 0 Å². The van der Waals surface area contributed by atoms with Crippen molar-refractivity contribution in [2.24, 2.45) is 0 Å². The minimum Gasteiger partial charge on any atom is -0.309 e. The second-order valence-corrected chi connectivity index (χ2v) is 17.7. The molecule has 0 unspecified atom stereocenters. The Morgan fingerprint density at radius 1 is 0.162 bits per heavy atom. The molecule has 0 aliphatic heterocycles. The van der Waals surface area contributed by atoms with E-state index in [9.17, 15) is 0 Å². The van der Waals surface area contributed by atoms with Crippen molar-refractivity contribution in [1.29, 1.82) is 0 Å². The SMILES string of the molecule is c1ccc(-c2cccc(-c3cccc(-n4c5ccccc5c5cc(-c6ccc7c(c6)c6cc(-c8ccccc8)ccc6n7-c6cccc(-c7cccc(-c8ccccc8)c7)c6)ccc54)c3)c2)cc1.